The highest BCUT2D eigenvalue weighted by atomic mass is 16.5. The molecule has 1 saturated heterocycles. The topological polar surface area (TPSA) is 57.9 Å². The number of piperazine rings is 1. The Hall–Kier alpha value is -2.99. The lowest BCUT2D eigenvalue weighted by Crippen LogP contribution is -2.46. The fourth-order valence-electron chi connectivity index (χ4n) is 5.03. The first-order valence-corrected chi connectivity index (χ1v) is 12.5. The number of fused-ring (bicyclic) bond motifs is 1. The third-order valence-electron chi connectivity index (χ3n) is 6.88. The van der Waals surface area contributed by atoms with Gasteiger partial charge < -0.3 is 19.3 Å². The van der Waals surface area contributed by atoms with E-state index in [1.54, 1.807) is 7.11 Å². The Labute approximate surface area is 202 Å². The maximum absolute atomic E-state index is 10.9. The number of methoxy groups -OCH3 is 1. The van der Waals surface area contributed by atoms with Gasteiger partial charge in [-0.15, -0.1) is 0 Å². The van der Waals surface area contributed by atoms with Crippen molar-refractivity contribution in [3.8, 4) is 5.75 Å². The van der Waals surface area contributed by atoms with Crippen LogP contribution in [0.25, 0.3) is 10.9 Å². The quantitative estimate of drug-likeness (QED) is 0.381. The summed E-state index contributed by atoms with van der Waals surface area (Å²) in [5, 5.41) is 10.2. The van der Waals surface area contributed by atoms with Crippen LogP contribution in [0.4, 0.5) is 5.69 Å². The van der Waals surface area contributed by atoms with Gasteiger partial charge >= 0.3 is 5.97 Å². The molecule has 1 N–H and O–H groups in total. The molecule has 1 aromatic heterocycles. The van der Waals surface area contributed by atoms with Crippen molar-refractivity contribution in [2.24, 2.45) is 0 Å². The lowest BCUT2D eigenvalue weighted by atomic mass is 10.1. The normalized spacial score (nSPS) is 14.6. The van der Waals surface area contributed by atoms with E-state index in [0.717, 1.165) is 57.9 Å². The second-order valence-electron chi connectivity index (χ2n) is 9.17. The van der Waals surface area contributed by atoms with E-state index in [1.807, 2.05) is 12.1 Å². The van der Waals surface area contributed by atoms with Crippen molar-refractivity contribution < 1.29 is 14.6 Å². The highest BCUT2D eigenvalue weighted by molar-refractivity contribution is 5.84. The fraction of sp³-hybridized carbons (Fsp3) is 0.464. The Balaban J connectivity index is 1.20. The Morgan fingerprint density at radius 2 is 1.65 bits per heavy atom. The van der Waals surface area contributed by atoms with Crippen LogP contribution in [0.15, 0.2) is 54.7 Å². The van der Waals surface area contributed by atoms with Crippen molar-refractivity contribution in [1.29, 1.82) is 0 Å². The highest BCUT2D eigenvalue weighted by Gasteiger charge is 2.19. The summed E-state index contributed by atoms with van der Waals surface area (Å²) in [6.07, 6.45) is 7.58. The Bertz CT molecular complexity index is 1070. The number of benzene rings is 2. The van der Waals surface area contributed by atoms with Crippen LogP contribution >= 0.6 is 0 Å². The number of carboxylic acid groups (broad SMARTS) is 1. The minimum absolute atomic E-state index is 0.229. The van der Waals surface area contributed by atoms with Gasteiger partial charge in [-0.2, -0.15) is 0 Å². The predicted octanol–water partition coefficient (Wildman–Crippen LogP) is 5.05. The third kappa shape index (κ3) is 6.11. The number of carbonyl (C=O) groups is 1. The van der Waals surface area contributed by atoms with Gasteiger partial charge in [0.15, 0.2) is 0 Å². The molecule has 1 aliphatic heterocycles. The van der Waals surface area contributed by atoms with Crippen molar-refractivity contribution in [3.63, 3.8) is 0 Å². The number of unbranched alkanes of at least 4 members (excludes halogenated alkanes) is 2. The van der Waals surface area contributed by atoms with Gasteiger partial charge in [0.25, 0.3) is 0 Å². The molecule has 182 valence electrons. The first-order chi connectivity index (χ1) is 16.7. The minimum atomic E-state index is -0.718. The smallest absolute Gasteiger partial charge is 0.303 e. The molecule has 0 spiro atoms. The van der Waals surface area contributed by atoms with Gasteiger partial charge in [-0.3, -0.25) is 9.69 Å². The number of rotatable bonds is 12. The zero-order valence-corrected chi connectivity index (χ0v) is 20.3. The van der Waals surface area contributed by atoms with Crippen molar-refractivity contribution in [2.45, 2.75) is 45.1 Å². The van der Waals surface area contributed by atoms with Gasteiger partial charge in [-0.1, -0.05) is 36.8 Å². The van der Waals surface area contributed by atoms with E-state index in [4.69, 9.17) is 9.84 Å². The molecule has 6 nitrogen and oxygen atoms in total. The number of para-hydroxylation sites is 3. The summed E-state index contributed by atoms with van der Waals surface area (Å²) >= 11 is 0. The van der Waals surface area contributed by atoms with Crippen LogP contribution in [0.3, 0.4) is 0 Å². The maximum atomic E-state index is 10.9. The molecule has 0 bridgehead atoms. The molecular formula is C28H37N3O3. The molecule has 0 radical (unpaired) electrons. The lowest BCUT2D eigenvalue weighted by molar-refractivity contribution is -0.137. The lowest BCUT2D eigenvalue weighted by Gasteiger charge is -2.36. The first kappa shape index (κ1) is 24.1. The molecule has 0 unspecified atom stereocenters. The number of aromatic nitrogens is 1. The van der Waals surface area contributed by atoms with E-state index >= 15 is 0 Å². The maximum Gasteiger partial charge on any atom is 0.303 e. The summed E-state index contributed by atoms with van der Waals surface area (Å²) in [6.45, 7) is 6.45. The van der Waals surface area contributed by atoms with Crippen LogP contribution in [0.1, 0.15) is 37.7 Å². The molecule has 1 aliphatic rings. The van der Waals surface area contributed by atoms with E-state index in [9.17, 15) is 4.79 Å². The number of ether oxygens (including phenoxy) is 1. The summed E-state index contributed by atoms with van der Waals surface area (Å²) in [4.78, 5) is 15.9. The fourth-order valence-corrected chi connectivity index (χ4v) is 5.03. The molecule has 3 aromatic rings. The Kier molecular flexibility index (Phi) is 8.47. The van der Waals surface area contributed by atoms with Gasteiger partial charge in [0.1, 0.15) is 5.75 Å². The second-order valence-corrected chi connectivity index (χ2v) is 9.17. The molecule has 0 amide bonds. The average molecular weight is 464 g/mol. The van der Waals surface area contributed by atoms with Crippen LogP contribution in [0.5, 0.6) is 5.75 Å². The zero-order chi connectivity index (χ0) is 23.8. The molecule has 1 fully saturated rings. The summed E-state index contributed by atoms with van der Waals surface area (Å²) < 4.78 is 7.89. The molecule has 2 aromatic carbocycles. The van der Waals surface area contributed by atoms with Crippen molar-refractivity contribution in [1.82, 2.24) is 9.47 Å². The van der Waals surface area contributed by atoms with Gasteiger partial charge in [0.2, 0.25) is 0 Å². The molecule has 4 rings (SSSR count). The number of nitrogens with zero attached hydrogens (tertiary/aromatic N) is 3. The second kappa shape index (κ2) is 11.9. The third-order valence-corrected chi connectivity index (χ3v) is 6.88. The number of hydrogen-bond acceptors (Lipinski definition) is 4. The average Bonchev–Trinajstić information content (AvgIpc) is 3.21. The van der Waals surface area contributed by atoms with E-state index < -0.39 is 5.97 Å². The van der Waals surface area contributed by atoms with Gasteiger partial charge in [-0.25, -0.2) is 0 Å². The highest BCUT2D eigenvalue weighted by Crippen LogP contribution is 2.28. The molecule has 0 atom stereocenters. The Morgan fingerprint density at radius 3 is 2.44 bits per heavy atom. The van der Waals surface area contributed by atoms with Crippen LogP contribution < -0.4 is 9.64 Å². The molecule has 0 aliphatic carbocycles. The van der Waals surface area contributed by atoms with Crippen molar-refractivity contribution in [3.05, 3.63) is 60.3 Å². The zero-order valence-electron chi connectivity index (χ0n) is 20.3. The molecular weight excluding hydrogens is 426 g/mol. The summed E-state index contributed by atoms with van der Waals surface area (Å²) in [6, 6.07) is 16.8. The largest absolute Gasteiger partial charge is 0.495 e. The summed E-state index contributed by atoms with van der Waals surface area (Å²) in [5.74, 6) is 0.239. The number of hydrogen-bond donors (Lipinski definition) is 1. The van der Waals surface area contributed by atoms with Crippen molar-refractivity contribution >= 4 is 22.6 Å². The summed E-state index contributed by atoms with van der Waals surface area (Å²) in [7, 11) is 1.74. The van der Waals surface area contributed by atoms with Crippen LogP contribution in [0.2, 0.25) is 0 Å². The molecule has 2 heterocycles. The van der Waals surface area contributed by atoms with E-state index in [-0.39, 0.29) is 6.42 Å². The minimum Gasteiger partial charge on any atom is -0.495 e. The standard InChI is InChI=1S/C28H37N3O3/c1-34-27-14-6-5-13-26(27)30-20-18-29(19-21-30)16-7-2-8-17-31-22-23(10-9-15-28(32)33)24-11-3-4-12-25(24)31/h3-6,11-14,22H,2,7-10,15-21H2,1H3,(H,32,33). The van der Waals surface area contributed by atoms with Crippen LogP contribution in [-0.4, -0.2) is 60.4 Å². The van der Waals surface area contributed by atoms with E-state index in [1.165, 1.54) is 35.0 Å². The Morgan fingerprint density at radius 1 is 0.912 bits per heavy atom. The molecule has 34 heavy (non-hydrogen) atoms. The van der Waals surface area contributed by atoms with Gasteiger partial charge in [-0.05, 0) is 56.0 Å². The number of anilines is 1. The van der Waals surface area contributed by atoms with Crippen LogP contribution in [-0.2, 0) is 17.8 Å². The monoisotopic (exact) mass is 463 g/mol. The van der Waals surface area contributed by atoms with Crippen LogP contribution in [0, 0.1) is 0 Å². The SMILES string of the molecule is COc1ccccc1N1CCN(CCCCCn2cc(CCCC(=O)O)c3ccccc32)CC1. The number of aliphatic carboxylic acids is 1. The van der Waals surface area contributed by atoms with Crippen molar-refractivity contribution in [2.75, 3.05) is 44.7 Å². The molecule has 6 heteroatoms. The molecule has 0 saturated carbocycles. The number of aryl methyl sites for hydroxylation is 2. The van der Waals surface area contributed by atoms with E-state index in [2.05, 4.69) is 57.0 Å². The predicted molar refractivity (Wildman–Crippen MR) is 138 cm³/mol. The summed E-state index contributed by atoms with van der Waals surface area (Å²) in [5.41, 5.74) is 3.73. The number of carboxylic acids is 1. The van der Waals surface area contributed by atoms with Gasteiger partial charge in [0, 0.05) is 56.2 Å². The van der Waals surface area contributed by atoms with E-state index in [0.29, 0.717) is 6.42 Å². The van der Waals surface area contributed by atoms with Gasteiger partial charge in [0.05, 0.1) is 12.8 Å². The first-order valence-electron chi connectivity index (χ1n) is 12.5.